The van der Waals surface area contributed by atoms with Gasteiger partial charge in [-0.05, 0) is 36.4 Å². The number of nitrogens with zero attached hydrogens (tertiary/aromatic N) is 7. The molecule has 10 heteroatoms. The molecular formula is C23H23N7O3. The highest BCUT2D eigenvalue weighted by Gasteiger charge is 2.25. The Bertz CT molecular complexity index is 1240. The number of hydrogen-bond donors (Lipinski definition) is 0. The van der Waals surface area contributed by atoms with Crippen molar-refractivity contribution in [1.29, 1.82) is 0 Å². The molecule has 0 atom stereocenters. The third kappa shape index (κ3) is 4.27. The molecule has 1 saturated heterocycles. The van der Waals surface area contributed by atoms with Crippen LogP contribution in [0.3, 0.4) is 0 Å². The minimum Gasteiger partial charge on any atom is -0.497 e. The number of carbonyl (C=O) groups excluding carboxylic acids is 1. The first-order valence-corrected chi connectivity index (χ1v) is 10.6. The molecule has 1 aliphatic heterocycles. The smallest absolute Gasteiger partial charge is 0.260 e. The molecule has 0 N–H and O–H groups in total. The summed E-state index contributed by atoms with van der Waals surface area (Å²) in [6.45, 7) is 2.46. The molecule has 33 heavy (non-hydrogen) atoms. The van der Waals surface area contributed by atoms with E-state index in [0.717, 1.165) is 11.4 Å². The van der Waals surface area contributed by atoms with Crippen molar-refractivity contribution < 1.29 is 14.3 Å². The third-order valence-corrected chi connectivity index (χ3v) is 5.57. The summed E-state index contributed by atoms with van der Waals surface area (Å²) < 4.78 is 12.5. The number of anilines is 1. The van der Waals surface area contributed by atoms with E-state index < -0.39 is 0 Å². The predicted octanol–water partition coefficient (Wildman–Crippen LogP) is 1.95. The Morgan fingerprint density at radius 3 is 2.42 bits per heavy atom. The summed E-state index contributed by atoms with van der Waals surface area (Å²) in [5, 5.41) is 8.63. The summed E-state index contributed by atoms with van der Waals surface area (Å²) in [6.07, 6.45) is 1.52. The normalized spacial score (nSPS) is 13.8. The van der Waals surface area contributed by atoms with Crippen molar-refractivity contribution in [1.82, 2.24) is 29.9 Å². The Balaban J connectivity index is 1.27. The van der Waals surface area contributed by atoms with Crippen LogP contribution in [0.5, 0.6) is 11.5 Å². The van der Waals surface area contributed by atoms with E-state index in [-0.39, 0.29) is 12.5 Å². The molecule has 4 aromatic rings. The van der Waals surface area contributed by atoms with E-state index in [2.05, 4.69) is 25.2 Å². The molecule has 1 amide bonds. The number of fused-ring (bicyclic) bond motifs is 1. The quantitative estimate of drug-likeness (QED) is 0.444. The van der Waals surface area contributed by atoms with Crippen molar-refractivity contribution >= 4 is 22.9 Å². The number of amides is 1. The van der Waals surface area contributed by atoms with Gasteiger partial charge in [0.05, 0.1) is 12.8 Å². The average Bonchev–Trinajstić information content (AvgIpc) is 3.32. The van der Waals surface area contributed by atoms with Crippen LogP contribution in [0.15, 0.2) is 60.9 Å². The molecule has 2 aromatic carbocycles. The van der Waals surface area contributed by atoms with E-state index in [1.54, 1.807) is 11.8 Å². The number of rotatable bonds is 6. The summed E-state index contributed by atoms with van der Waals surface area (Å²) in [6, 6.07) is 16.9. The van der Waals surface area contributed by atoms with Crippen LogP contribution in [0.25, 0.3) is 16.9 Å². The van der Waals surface area contributed by atoms with Crippen molar-refractivity contribution in [2.75, 3.05) is 44.8 Å². The summed E-state index contributed by atoms with van der Waals surface area (Å²) in [4.78, 5) is 25.3. The van der Waals surface area contributed by atoms with Crippen LogP contribution < -0.4 is 14.4 Å². The van der Waals surface area contributed by atoms with Gasteiger partial charge in [0.15, 0.2) is 23.6 Å². The van der Waals surface area contributed by atoms with Crippen LogP contribution in [0.4, 0.5) is 5.82 Å². The van der Waals surface area contributed by atoms with Crippen LogP contribution in [-0.4, -0.2) is 75.7 Å². The highest BCUT2D eigenvalue weighted by Crippen LogP contribution is 2.24. The zero-order valence-electron chi connectivity index (χ0n) is 18.2. The fraction of sp³-hybridized carbons (Fsp3) is 0.261. The standard InChI is InChI=1S/C23H23N7O3/c1-32-18-9-7-17(8-10-18)30-23-21(26-27-30)22(24-16-25-23)29-13-11-28(12-14-29)20(31)15-33-19-5-3-2-4-6-19/h2-10,16H,11-15H2,1H3. The van der Waals surface area contributed by atoms with Crippen LogP contribution in [0.2, 0.25) is 0 Å². The number of aromatic nitrogens is 5. The average molecular weight is 445 g/mol. The monoisotopic (exact) mass is 445 g/mol. The highest BCUT2D eigenvalue weighted by molar-refractivity contribution is 5.84. The lowest BCUT2D eigenvalue weighted by Crippen LogP contribution is -2.50. The first-order chi connectivity index (χ1) is 16.2. The lowest BCUT2D eigenvalue weighted by atomic mass is 10.3. The van der Waals surface area contributed by atoms with Gasteiger partial charge in [0, 0.05) is 26.2 Å². The van der Waals surface area contributed by atoms with Gasteiger partial charge in [-0.2, -0.15) is 4.68 Å². The summed E-state index contributed by atoms with van der Waals surface area (Å²) in [5.74, 6) is 2.14. The van der Waals surface area contributed by atoms with E-state index in [1.165, 1.54) is 6.33 Å². The fourth-order valence-electron chi connectivity index (χ4n) is 3.79. The minimum absolute atomic E-state index is 0.0257. The van der Waals surface area contributed by atoms with E-state index >= 15 is 0 Å². The predicted molar refractivity (Wildman–Crippen MR) is 122 cm³/mol. The number of hydrogen-bond acceptors (Lipinski definition) is 8. The van der Waals surface area contributed by atoms with Crippen LogP contribution in [0.1, 0.15) is 0 Å². The number of carbonyl (C=O) groups is 1. The Labute approximate surface area is 190 Å². The Hall–Kier alpha value is -4.21. The second-order valence-corrected chi connectivity index (χ2v) is 7.54. The van der Waals surface area contributed by atoms with Crippen molar-refractivity contribution in [2.45, 2.75) is 0 Å². The molecule has 168 valence electrons. The van der Waals surface area contributed by atoms with Crippen LogP contribution >= 0.6 is 0 Å². The Morgan fingerprint density at radius 2 is 1.70 bits per heavy atom. The number of para-hydroxylation sites is 1. The van der Waals surface area contributed by atoms with Gasteiger partial charge < -0.3 is 19.3 Å². The lowest BCUT2D eigenvalue weighted by Gasteiger charge is -2.35. The zero-order chi connectivity index (χ0) is 22.6. The largest absolute Gasteiger partial charge is 0.497 e. The second-order valence-electron chi connectivity index (χ2n) is 7.54. The number of benzene rings is 2. The molecule has 1 aliphatic rings. The van der Waals surface area contributed by atoms with Gasteiger partial charge in [0.2, 0.25) is 0 Å². The molecular weight excluding hydrogens is 422 g/mol. The first kappa shape index (κ1) is 20.7. The van der Waals surface area contributed by atoms with E-state index in [0.29, 0.717) is 48.9 Å². The van der Waals surface area contributed by atoms with E-state index in [4.69, 9.17) is 9.47 Å². The van der Waals surface area contributed by atoms with Crippen molar-refractivity contribution in [2.24, 2.45) is 0 Å². The van der Waals surface area contributed by atoms with Crippen molar-refractivity contribution in [3.63, 3.8) is 0 Å². The summed E-state index contributed by atoms with van der Waals surface area (Å²) >= 11 is 0. The maximum atomic E-state index is 12.6. The van der Waals surface area contributed by atoms with Gasteiger partial charge in [-0.15, -0.1) is 5.10 Å². The van der Waals surface area contributed by atoms with Gasteiger partial charge in [-0.3, -0.25) is 4.79 Å². The van der Waals surface area contributed by atoms with Crippen molar-refractivity contribution in [3.05, 3.63) is 60.9 Å². The Kier molecular flexibility index (Phi) is 5.71. The van der Waals surface area contributed by atoms with Crippen LogP contribution in [0, 0.1) is 0 Å². The van der Waals surface area contributed by atoms with E-state index in [9.17, 15) is 4.79 Å². The third-order valence-electron chi connectivity index (χ3n) is 5.57. The number of ether oxygens (including phenoxy) is 2. The lowest BCUT2D eigenvalue weighted by molar-refractivity contribution is -0.133. The molecule has 10 nitrogen and oxygen atoms in total. The Morgan fingerprint density at radius 1 is 0.939 bits per heavy atom. The second kappa shape index (κ2) is 9.11. The SMILES string of the molecule is COc1ccc(-n2nnc3c(N4CCN(C(=O)COc5ccccc5)CC4)ncnc32)cc1. The van der Waals surface area contributed by atoms with Gasteiger partial charge in [-0.25, -0.2) is 9.97 Å². The minimum atomic E-state index is -0.0308. The topological polar surface area (TPSA) is 98.5 Å². The van der Waals surface area contributed by atoms with Gasteiger partial charge in [0.25, 0.3) is 5.91 Å². The molecule has 0 bridgehead atoms. The zero-order valence-corrected chi connectivity index (χ0v) is 18.2. The van der Waals surface area contributed by atoms with Gasteiger partial charge in [0.1, 0.15) is 17.8 Å². The molecule has 0 aliphatic carbocycles. The van der Waals surface area contributed by atoms with Gasteiger partial charge >= 0.3 is 0 Å². The van der Waals surface area contributed by atoms with Crippen molar-refractivity contribution in [3.8, 4) is 17.2 Å². The summed E-state index contributed by atoms with van der Waals surface area (Å²) in [7, 11) is 1.63. The maximum absolute atomic E-state index is 12.6. The molecule has 2 aromatic heterocycles. The number of piperazine rings is 1. The van der Waals surface area contributed by atoms with Gasteiger partial charge in [-0.1, -0.05) is 23.4 Å². The molecule has 0 radical (unpaired) electrons. The number of methoxy groups -OCH3 is 1. The molecule has 1 fully saturated rings. The molecule has 0 unspecified atom stereocenters. The molecule has 0 spiro atoms. The maximum Gasteiger partial charge on any atom is 0.260 e. The first-order valence-electron chi connectivity index (χ1n) is 10.6. The van der Waals surface area contributed by atoms with Crippen LogP contribution in [-0.2, 0) is 4.79 Å². The fourth-order valence-corrected chi connectivity index (χ4v) is 3.79. The van der Waals surface area contributed by atoms with E-state index in [1.807, 2.05) is 59.5 Å². The molecule has 3 heterocycles. The molecule has 0 saturated carbocycles. The highest BCUT2D eigenvalue weighted by atomic mass is 16.5. The molecule has 5 rings (SSSR count). The summed E-state index contributed by atoms with van der Waals surface area (Å²) in [5.41, 5.74) is 2.08.